The second kappa shape index (κ2) is 3.89. The molecule has 0 aliphatic carbocycles. The molecule has 3 unspecified atom stereocenters. The Hall–Kier alpha value is -1.37. The van der Waals surface area contributed by atoms with Gasteiger partial charge in [-0.15, -0.1) is 0 Å². The molecule has 1 aromatic carbocycles. The molecule has 2 aliphatic heterocycles. The van der Waals surface area contributed by atoms with Crippen LogP contribution in [0.15, 0.2) is 24.3 Å². The zero-order chi connectivity index (χ0) is 11.0. The summed E-state index contributed by atoms with van der Waals surface area (Å²) in [6.45, 7) is 2.81. The monoisotopic (exact) mass is 214 g/mol. The van der Waals surface area contributed by atoms with Crippen molar-refractivity contribution in [3.63, 3.8) is 0 Å². The molecule has 0 radical (unpaired) electrons. The van der Waals surface area contributed by atoms with E-state index in [2.05, 4.69) is 23.5 Å². The largest absolute Gasteiger partial charge is 0.381 e. The summed E-state index contributed by atoms with van der Waals surface area (Å²) < 4.78 is 5.52. The predicted molar refractivity (Wildman–Crippen MR) is 59.7 cm³/mol. The van der Waals surface area contributed by atoms with Crippen molar-refractivity contribution in [1.29, 1.82) is 5.26 Å². The van der Waals surface area contributed by atoms with E-state index in [1.807, 2.05) is 12.1 Å². The van der Waals surface area contributed by atoms with E-state index >= 15 is 0 Å². The molecule has 3 heteroatoms. The molecule has 0 amide bonds. The van der Waals surface area contributed by atoms with Gasteiger partial charge in [0.1, 0.15) is 0 Å². The first-order chi connectivity index (χ1) is 7.88. The zero-order valence-electron chi connectivity index (χ0n) is 9.02. The van der Waals surface area contributed by atoms with E-state index in [0.717, 1.165) is 25.3 Å². The molecule has 3 nitrogen and oxygen atoms in total. The highest BCUT2D eigenvalue weighted by Crippen LogP contribution is 2.37. The summed E-state index contributed by atoms with van der Waals surface area (Å²) in [4.78, 5) is 0. The molecule has 2 aliphatic rings. The maximum Gasteiger partial charge on any atom is 0.0991 e. The first-order valence-corrected chi connectivity index (χ1v) is 5.69. The second-order valence-corrected chi connectivity index (χ2v) is 4.58. The van der Waals surface area contributed by atoms with Crippen molar-refractivity contribution >= 4 is 0 Å². The van der Waals surface area contributed by atoms with Crippen LogP contribution in [0.1, 0.15) is 17.2 Å². The predicted octanol–water partition coefficient (Wildman–Crippen LogP) is 1.47. The van der Waals surface area contributed by atoms with E-state index in [1.165, 1.54) is 5.56 Å². The first-order valence-electron chi connectivity index (χ1n) is 5.69. The van der Waals surface area contributed by atoms with Crippen molar-refractivity contribution in [3.8, 4) is 6.07 Å². The molecule has 0 aromatic heterocycles. The maximum absolute atomic E-state index is 8.76. The van der Waals surface area contributed by atoms with Crippen molar-refractivity contribution < 1.29 is 4.74 Å². The third-order valence-electron chi connectivity index (χ3n) is 3.67. The average Bonchev–Trinajstić information content (AvgIpc) is 2.91. The smallest absolute Gasteiger partial charge is 0.0991 e. The summed E-state index contributed by atoms with van der Waals surface area (Å²) >= 11 is 0. The van der Waals surface area contributed by atoms with Crippen LogP contribution in [0, 0.1) is 23.2 Å². The minimum Gasteiger partial charge on any atom is -0.381 e. The van der Waals surface area contributed by atoms with Gasteiger partial charge in [-0.3, -0.25) is 0 Å². The van der Waals surface area contributed by atoms with Gasteiger partial charge in [-0.1, -0.05) is 12.1 Å². The molecule has 2 fully saturated rings. The Morgan fingerprint density at radius 3 is 2.81 bits per heavy atom. The number of benzene rings is 1. The van der Waals surface area contributed by atoms with Gasteiger partial charge < -0.3 is 10.1 Å². The lowest BCUT2D eigenvalue weighted by atomic mass is 9.89. The highest BCUT2D eigenvalue weighted by molar-refractivity contribution is 5.33. The summed E-state index contributed by atoms with van der Waals surface area (Å²) in [6.07, 6.45) is 0. The highest BCUT2D eigenvalue weighted by atomic mass is 16.5. The first kappa shape index (κ1) is 9.83. The standard InChI is InChI=1S/C13H14N2O/c14-5-9-1-3-10(4-2-9)13-12-8-16-7-11(12)6-15-13/h1-4,11-13,15H,6-8H2. The molecule has 0 bridgehead atoms. The summed E-state index contributed by atoms with van der Waals surface area (Å²) in [5.74, 6) is 1.27. The van der Waals surface area contributed by atoms with Crippen LogP contribution in [0.3, 0.4) is 0 Å². The fourth-order valence-corrected chi connectivity index (χ4v) is 2.75. The quantitative estimate of drug-likeness (QED) is 0.770. The molecule has 3 rings (SSSR count). The van der Waals surface area contributed by atoms with E-state index in [9.17, 15) is 0 Å². The summed E-state index contributed by atoms with van der Waals surface area (Å²) in [5, 5.41) is 12.3. The number of hydrogen-bond donors (Lipinski definition) is 1. The van der Waals surface area contributed by atoms with Gasteiger partial charge in [-0.2, -0.15) is 5.26 Å². The molecule has 2 heterocycles. The number of nitrogens with zero attached hydrogens (tertiary/aromatic N) is 1. The Bertz CT molecular complexity index is 421. The molecular formula is C13H14N2O. The highest BCUT2D eigenvalue weighted by Gasteiger charge is 2.40. The third kappa shape index (κ3) is 1.51. The van der Waals surface area contributed by atoms with Crippen LogP contribution in [0.25, 0.3) is 0 Å². The van der Waals surface area contributed by atoms with Gasteiger partial charge in [0.2, 0.25) is 0 Å². The van der Waals surface area contributed by atoms with Crippen molar-refractivity contribution in [2.45, 2.75) is 6.04 Å². The van der Waals surface area contributed by atoms with Crippen LogP contribution in [0.5, 0.6) is 0 Å². The fraction of sp³-hybridized carbons (Fsp3) is 0.462. The Morgan fingerprint density at radius 1 is 1.25 bits per heavy atom. The van der Waals surface area contributed by atoms with E-state index < -0.39 is 0 Å². The third-order valence-corrected chi connectivity index (χ3v) is 3.67. The van der Waals surface area contributed by atoms with Gasteiger partial charge in [-0.05, 0) is 17.7 Å². The van der Waals surface area contributed by atoms with Crippen LogP contribution in [0.4, 0.5) is 0 Å². The fourth-order valence-electron chi connectivity index (χ4n) is 2.75. The van der Waals surface area contributed by atoms with E-state index in [4.69, 9.17) is 10.00 Å². The van der Waals surface area contributed by atoms with E-state index in [1.54, 1.807) is 0 Å². The Balaban J connectivity index is 1.84. The second-order valence-electron chi connectivity index (χ2n) is 4.58. The molecule has 16 heavy (non-hydrogen) atoms. The summed E-state index contributed by atoms with van der Waals surface area (Å²) in [5.41, 5.74) is 2.00. The molecule has 0 spiro atoms. The number of nitriles is 1. The van der Waals surface area contributed by atoms with Crippen LogP contribution in [0.2, 0.25) is 0 Å². The maximum atomic E-state index is 8.76. The van der Waals surface area contributed by atoms with E-state index in [0.29, 0.717) is 17.9 Å². The van der Waals surface area contributed by atoms with Gasteiger partial charge in [0.05, 0.1) is 24.8 Å². The van der Waals surface area contributed by atoms with Gasteiger partial charge in [0.25, 0.3) is 0 Å². The normalized spacial score (nSPS) is 32.3. The number of fused-ring (bicyclic) bond motifs is 1. The van der Waals surface area contributed by atoms with Gasteiger partial charge in [0.15, 0.2) is 0 Å². The number of rotatable bonds is 1. The molecule has 2 saturated heterocycles. The lowest BCUT2D eigenvalue weighted by Crippen LogP contribution is -2.19. The van der Waals surface area contributed by atoms with Crippen molar-refractivity contribution in [2.75, 3.05) is 19.8 Å². The van der Waals surface area contributed by atoms with Crippen LogP contribution < -0.4 is 5.32 Å². The molecule has 3 atom stereocenters. The number of hydrogen-bond acceptors (Lipinski definition) is 3. The van der Waals surface area contributed by atoms with Crippen molar-refractivity contribution in [3.05, 3.63) is 35.4 Å². The molecule has 0 saturated carbocycles. The number of ether oxygens (including phenoxy) is 1. The molecule has 1 aromatic rings. The van der Waals surface area contributed by atoms with E-state index in [-0.39, 0.29) is 0 Å². The van der Waals surface area contributed by atoms with Crippen LogP contribution >= 0.6 is 0 Å². The van der Waals surface area contributed by atoms with Gasteiger partial charge in [-0.25, -0.2) is 0 Å². The summed E-state index contributed by atoms with van der Waals surface area (Å²) in [6, 6.07) is 10.4. The average molecular weight is 214 g/mol. The molecule has 1 N–H and O–H groups in total. The summed E-state index contributed by atoms with van der Waals surface area (Å²) in [7, 11) is 0. The topological polar surface area (TPSA) is 45.0 Å². The Kier molecular flexibility index (Phi) is 2.39. The lowest BCUT2D eigenvalue weighted by molar-refractivity contribution is 0.169. The SMILES string of the molecule is N#Cc1ccc(C2NCC3COCC32)cc1. The molecule has 82 valence electrons. The lowest BCUT2D eigenvalue weighted by Gasteiger charge is -2.17. The minimum absolute atomic E-state index is 0.403. The number of nitrogens with one attached hydrogen (secondary N) is 1. The van der Waals surface area contributed by atoms with Gasteiger partial charge >= 0.3 is 0 Å². The minimum atomic E-state index is 0.403. The van der Waals surface area contributed by atoms with Crippen LogP contribution in [-0.2, 0) is 4.74 Å². The Morgan fingerprint density at radius 2 is 2.06 bits per heavy atom. The van der Waals surface area contributed by atoms with Gasteiger partial charge in [0, 0.05) is 24.4 Å². The zero-order valence-corrected chi connectivity index (χ0v) is 9.02. The Labute approximate surface area is 95.0 Å². The van der Waals surface area contributed by atoms with Crippen molar-refractivity contribution in [2.24, 2.45) is 11.8 Å². The molecular weight excluding hydrogens is 200 g/mol. The van der Waals surface area contributed by atoms with Crippen LogP contribution in [-0.4, -0.2) is 19.8 Å². The van der Waals surface area contributed by atoms with Crippen molar-refractivity contribution in [1.82, 2.24) is 5.32 Å².